The Morgan fingerprint density at radius 1 is 0.476 bits per heavy atom. The largest absolute Gasteiger partial charge is 0.118 e. The van der Waals surface area contributed by atoms with Crippen LogP contribution in [0.3, 0.4) is 0 Å². The lowest BCUT2D eigenvalue weighted by molar-refractivity contribution is 0.372. The summed E-state index contributed by atoms with van der Waals surface area (Å²) in [6, 6.07) is 0. The van der Waals surface area contributed by atoms with E-state index in [0.717, 1.165) is 38.5 Å². The van der Waals surface area contributed by atoms with Gasteiger partial charge in [-0.1, -0.05) is 20.3 Å². The maximum Gasteiger partial charge on any atom is 0.118 e. The van der Waals surface area contributed by atoms with Gasteiger partial charge in [-0.25, -0.2) is 0 Å². The zero-order valence-electron chi connectivity index (χ0n) is 14.5. The molecule has 3 aliphatic rings. The van der Waals surface area contributed by atoms with E-state index in [0.29, 0.717) is 0 Å². The van der Waals surface area contributed by atoms with Crippen molar-refractivity contribution in [3.8, 4) is 0 Å². The summed E-state index contributed by atoms with van der Waals surface area (Å²) in [5.41, 5.74) is 0. The van der Waals surface area contributed by atoms with Crippen molar-refractivity contribution in [1.82, 2.24) is 0 Å². The van der Waals surface area contributed by atoms with Crippen molar-refractivity contribution >= 4 is 10.9 Å². The number of hydrogen-bond donors (Lipinski definition) is 0. The SMILES string of the molecule is CC1CCC([S+](C2CCCCC2)C2CCC(C)CC2)CC1. The molecule has 21 heavy (non-hydrogen) atoms. The third-order valence-electron chi connectivity index (χ3n) is 6.63. The minimum atomic E-state index is 0.786. The first-order valence-electron chi connectivity index (χ1n) is 9.94. The van der Waals surface area contributed by atoms with Gasteiger partial charge in [0.2, 0.25) is 0 Å². The smallest absolute Gasteiger partial charge is 0.0625 e. The van der Waals surface area contributed by atoms with Crippen LogP contribution in [0.25, 0.3) is 0 Å². The van der Waals surface area contributed by atoms with Crippen LogP contribution in [0.1, 0.15) is 97.3 Å². The summed E-state index contributed by atoms with van der Waals surface area (Å²) in [6.07, 6.45) is 20.2. The van der Waals surface area contributed by atoms with Gasteiger partial charge in [-0.05, 0) is 99.8 Å². The highest BCUT2D eigenvalue weighted by Crippen LogP contribution is 2.42. The Hall–Kier alpha value is 0.350. The molecule has 3 saturated carbocycles. The Morgan fingerprint density at radius 2 is 0.857 bits per heavy atom. The molecule has 0 atom stereocenters. The maximum absolute atomic E-state index is 2.48. The molecule has 122 valence electrons. The molecule has 0 aromatic carbocycles. The number of hydrogen-bond acceptors (Lipinski definition) is 0. The van der Waals surface area contributed by atoms with Crippen LogP contribution in [0.15, 0.2) is 0 Å². The van der Waals surface area contributed by atoms with Crippen LogP contribution < -0.4 is 0 Å². The predicted octanol–water partition coefficient (Wildman–Crippen LogP) is 6.09. The summed E-state index contributed by atoms with van der Waals surface area (Å²) in [6.45, 7) is 4.97. The fraction of sp³-hybridized carbons (Fsp3) is 1.00. The van der Waals surface area contributed by atoms with Gasteiger partial charge in [-0.2, -0.15) is 0 Å². The molecule has 0 unspecified atom stereocenters. The fourth-order valence-electron chi connectivity index (χ4n) is 5.16. The second kappa shape index (κ2) is 7.75. The third kappa shape index (κ3) is 4.21. The summed E-state index contributed by atoms with van der Waals surface area (Å²) in [5.74, 6) is 2.04. The van der Waals surface area contributed by atoms with E-state index in [-0.39, 0.29) is 0 Å². The zero-order chi connectivity index (χ0) is 14.7. The van der Waals surface area contributed by atoms with Crippen molar-refractivity contribution in [3.63, 3.8) is 0 Å². The lowest BCUT2D eigenvalue weighted by atomic mass is 9.90. The third-order valence-corrected chi connectivity index (χ3v) is 10.4. The monoisotopic (exact) mass is 309 g/mol. The summed E-state index contributed by atoms with van der Waals surface area (Å²) in [7, 11) is 0.786. The van der Waals surface area contributed by atoms with Crippen molar-refractivity contribution < 1.29 is 0 Å². The van der Waals surface area contributed by atoms with E-state index in [2.05, 4.69) is 13.8 Å². The topological polar surface area (TPSA) is 0 Å². The molecule has 3 rings (SSSR count). The van der Waals surface area contributed by atoms with Gasteiger partial charge < -0.3 is 0 Å². The molecule has 0 aromatic rings. The molecule has 0 amide bonds. The summed E-state index contributed by atoms with van der Waals surface area (Å²) in [5, 5.41) is 3.39. The van der Waals surface area contributed by atoms with Crippen molar-refractivity contribution in [1.29, 1.82) is 0 Å². The van der Waals surface area contributed by atoms with Crippen molar-refractivity contribution in [2.75, 3.05) is 0 Å². The highest BCUT2D eigenvalue weighted by Gasteiger charge is 2.46. The molecule has 3 fully saturated rings. The highest BCUT2D eigenvalue weighted by molar-refractivity contribution is 7.98. The molecule has 0 aliphatic heterocycles. The van der Waals surface area contributed by atoms with E-state index in [1.165, 1.54) is 32.1 Å². The predicted molar refractivity (Wildman–Crippen MR) is 97.1 cm³/mol. The van der Waals surface area contributed by atoms with Gasteiger partial charge >= 0.3 is 0 Å². The molecule has 0 bridgehead atoms. The average Bonchev–Trinajstić information content (AvgIpc) is 2.52. The molecule has 0 saturated heterocycles. The molecule has 0 radical (unpaired) electrons. The summed E-state index contributed by atoms with van der Waals surface area (Å²) in [4.78, 5) is 0. The van der Waals surface area contributed by atoms with Gasteiger partial charge in [0.15, 0.2) is 0 Å². The first kappa shape index (κ1) is 16.2. The first-order chi connectivity index (χ1) is 10.2. The molecular formula is C20H37S+. The minimum absolute atomic E-state index is 0.786. The summed E-state index contributed by atoms with van der Waals surface area (Å²) >= 11 is 0. The second-order valence-corrected chi connectivity index (χ2v) is 11.2. The van der Waals surface area contributed by atoms with Gasteiger partial charge in [0.05, 0.1) is 0 Å². The molecule has 0 aromatic heterocycles. The molecule has 3 aliphatic carbocycles. The van der Waals surface area contributed by atoms with Crippen LogP contribution in [-0.4, -0.2) is 15.7 Å². The van der Waals surface area contributed by atoms with Gasteiger partial charge in [-0.15, -0.1) is 0 Å². The zero-order valence-corrected chi connectivity index (χ0v) is 15.3. The van der Waals surface area contributed by atoms with Crippen molar-refractivity contribution in [2.45, 2.75) is 113 Å². The van der Waals surface area contributed by atoms with Crippen LogP contribution in [0.5, 0.6) is 0 Å². The van der Waals surface area contributed by atoms with Gasteiger partial charge in [0.25, 0.3) is 0 Å². The molecule has 0 nitrogen and oxygen atoms in total. The van der Waals surface area contributed by atoms with E-state index in [9.17, 15) is 0 Å². The number of rotatable bonds is 3. The average molecular weight is 310 g/mol. The van der Waals surface area contributed by atoms with E-state index >= 15 is 0 Å². The Morgan fingerprint density at radius 3 is 1.29 bits per heavy atom. The molecule has 0 N–H and O–H groups in total. The van der Waals surface area contributed by atoms with Crippen molar-refractivity contribution in [3.05, 3.63) is 0 Å². The van der Waals surface area contributed by atoms with Crippen LogP contribution in [0, 0.1) is 11.8 Å². The normalized spacial score (nSPS) is 40.9. The van der Waals surface area contributed by atoms with E-state index in [1.54, 1.807) is 51.4 Å². The Balaban J connectivity index is 1.67. The Kier molecular flexibility index (Phi) is 5.99. The van der Waals surface area contributed by atoms with Crippen molar-refractivity contribution in [2.24, 2.45) is 11.8 Å². The lowest BCUT2D eigenvalue weighted by Crippen LogP contribution is -2.44. The quantitative estimate of drug-likeness (QED) is 0.553. The van der Waals surface area contributed by atoms with Crippen LogP contribution in [-0.2, 0) is 10.9 Å². The molecule has 0 spiro atoms. The molecule has 0 heterocycles. The van der Waals surface area contributed by atoms with E-state index in [4.69, 9.17) is 0 Å². The minimum Gasteiger partial charge on any atom is -0.0625 e. The van der Waals surface area contributed by atoms with Gasteiger partial charge in [0.1, 0.15) is 15.7 Å². The highest BCUT2D eigenvalue weighted by atomic mass is 32.2. The van der Waals surface area contributed by atoms with Gasteiger partial charge in [0, 0.05) is 0 Å². The first-order valence-corrected chi connectivity index (χ1v) is 11.4. The molecule has 1 heteroatoms. The van der Waals surface area contributed by atoms with E-state index in [1.807, 2.05) is 0 Å². The van der Waals surface area contributed by atoms with Crippen LogP contribution in [0.2, 0.25) is 0 Å². The maximum atomic E-state index is 2.48. The fourth-order valence-corrected chi connectivity index (χ4v) is 9.30. The van der Waals surface area contributed by atoms with E-state index < -0.39 is 0 Å². The second-order valence-electron chi connectivity index (χ2n) is 8.43. The van der Waals surface area contributed by atoms with Gasteiger partial charge in [-0.3, -0.25) is 0 Å². The van der Waals surface area contributed by atoms with Crippen LogP contribution >= 0.6 is 0 Å². The Labute approximate surface area is 136 Å². The van der Waals surface area contributed by atoms with Crippen LogP contribution in [0.4, 0.5) is 0 Å². The Bertz CT molecular complexity index is 269. The standard InChI is InChI=1S/C20H37S/c1-16-8-12-19(13-9-16)21(18-6-4-3-5-7-18)20-14-10-17(2)11-15-20/h16-20H,3-15H2,1-2H3/q+1. The summed E-state index contributed by atoms with van der Waals surface area (Å²) < 4.78 is 0. The molecular weight excluding hydrogens is 272 g/mol. The lowest BCUT2D eigenvalue weighted by Gasteiger charge is -2.38.